The summed E-state index contributed by atoms with van der Waals surface area (Å²) in [6, 6.07) is 0. The number of rotatable bonds is 54. The third-order valence-corrected chi connectivity index (χ3v) is 12.6. The van der Waals surface area contributed by atoms with Crippen molar-refractivity contribution in [2.24, 2.45) is 0 Å². The van der Waals surface area contributed by atoms with E-state index in [4.69, 9.17) is 14.2 Å². The van der Waals surface area contributed by atoms with E-state index in [1.165, 1.54) is 64.2 Å². The molecule has 0 saturated heterocycles. The molecule has 0 aliphatic heterocycles. The van der Waals surface area contributed by atoms with E-state index in [0.717, 1.165) is 161 Å². The minimum absolute atomic E-state index is 0.0980. The number of carbonyl (C=O) groups excluding carboxylic acids is 3. The third kappa shape index (κ3) is 60.3. The maximum Gasteiger partial charge on any atom is 0.306 e. The maximum absolute atomic E-state index is 12.9. The Morgan fingerprint density at radius 1 is 0.280 bits per heavy atom. The molecule has 0 fully saturated rings. The molecule has 0 saturated carbocycles. The van der Waals surface area contributed by atoms with Crippen molar-refractivity contribution < 1.29 is 28.6 Å². The molecule has 0 aliphatic carbocycles. The molecule has 0 radical (unpaired) electrons. The lowest BCUT2D eigenvalue weighted by molar-refractivity contribution is -0.167. The molecular weight excluding hydrogens is 925 g/mol. The highest BCUT2D eigenvalue weighted by atomic mass is 16.6. The van der Waals surface area contributed by atoms with Crippen molar-refractivity contribution in [2.75, 3.05) is 13.2 Å². The first-order valence-corrected chi connectivity index (χ1v) is 30.7. The van der Waals surface area contributed by atoms with E-state index in [9.17, 15) is 14.4 Å². The molecule has 0 heterocycles. The van der Waals surface area contributed by atoms with Crippen LogP contribution in [0.15, 0.2) is 134 Å². The minimum atomic E-state index is -0.802. The fourth-order valence-electron chi connectivity index (χ4n) is 8.08. The zero-order valence-corrected chi connectivity index (χ0v) is 48.5. The molecule has 1 unspecified atom stereocenters. The quantitative estimate of drug-likeness (QED) is 0.0261. The molecule has 0 aliphatic rings. The van der Waals surface area contributed by atoms with Crippen LogP contribution >= 0.6 is 0 Å². The SMILES string of the molecule is CC/C=C\C/C=C\C/C=C\C/C=C\C/C=C\C/C=C\CCCCCCCCC(=O)OCC(COC(=O)CCCCCCC/C=C\C/C=C\CCCCC)OC(=O)CCCCCCCCC/C=C\C/C=C\C/C=C\CC. The van der Waals surface area contributed by atoms with Gasteiger partial charge in [0.15, 0.2) is 6.10 Å². The molecule has 6 heteroatoms. The number of carbonyl (C=O) groups is 3. The van der Waals surface area contributed by atoms with Gasteiger partial charge in [0.2, 0.25) is 0 Å². The highest BCUT2D eigenvalue weighted by molar-refractivity contribution is 5.71. The van der Waals surface area contributed by atoms with Crippen molar-refractivity contribution in [1.29, 1.82) is 0 Å². The Hall–Kier alpha value is -4.45. The smallest absolute Gasteiger partial charge is 0.306 e. The maximum atomic E-state index is 12.9. The van der Waals surface area contributed by atoms with E-state index in [1.54, 1.807) is 0 Å². The lowest BCUT2D eigenvalue weighted by Crippen LogP contribution is -2.30. The number of allylic oxidation sites excluding steroid dienone is 22. The minimum Gasteiger partial charge on any atom is -0.462 e. The summed E-state index contributed by atoms with van der Waals surface area (Å²) in [7, 11) is 0. The lowest BCUT2D eigenvalue weighted by atomic mass is 10.1. The highest BCUT2D eigenvalue weighted by Gasteiger charge is 2.19. The Labute approximate surface area is 462 Å². The third-order valence-electron chi connectivity index (χ3n) is 12.6. The summed E-state index contributed by atoms with van der Waals surface area (Å²) in [5.74, 6) is -0.935. The summed E-state index contributed by atoms with van der Waals surface area (Å²) in [5, 5.41) is 0. The Balaban J connectivity index is 4.44. The first-order valence-electron chi connectivity index (χ1n) is 30.7. The van der Waals surface area contributed by atoms with E-state index in [0.29, 0.717) is 19.3 Å². The molecule has 0 aromatic rings. The van der Waals surface area contributed by atoms with Crippen LogP contribution in [-0.4, -0.2) is 37.2 Å². The van der Waals surface area contributed by atoms with Crippen LogP contribution in [0.1, 0.15) is 265 Å². The molecule has 1 atom stereocenters. The first-order chi connectivity index (χ1) is 37.0. The Kier molecular flexibility index (Phi) is 58.4. The molecule has 0 aromatic carbocycles. The van der Waals surface area contributed by atoms with Gasteiger partial charge in [0.1, 0.15) is 13.2 Å². The van der Waals surface area contributed by atoms with Crippen molar-refractivity contribution in [3.8, 4) is 0 Å². The second-order valence-corrected chi connectivity index (χ2v) is 19.8. The van der Waals surface area contributed by atoms with Crippen LogP contribution in [0.2, 0.25) is 0 Å². The summed E-state index contributed by atoms with van der Waals surface area (Å²) in [4.78, 5) is 38.3. The van der Waals surface area contributed by atoms with Crippen molar-refractivity contribution >= 4 is 17.9 Å². The van der Waals surface area contributed by atoms with Crippen LogP contribution in [0.4, 0.5) is 0 Å². The Morgan fingerprint density at radius 3 is 0.813 bits per heavy atom. The van der Waals surface area contributed by atoms with Gasteiger partial charge in [-0.15, -0.1) is 0 Å². The fourth-order valence-corrected chi connectivity index (χ4v) is 8.08. The predicted octanol–water partition coefficient (Wildman–Crippen LogP) is 21.0. The highest BCUT2D eigenvalue weighted by Crippen LogP contribution is 2.14. The molecular formula is C69H112O6. The van der Waals surface area contributed by atoms with Gasteiger partial charge < -0.3 is 14.2 Å². The second-order valence-electron chi connectivity index (χ2n) is 19.8. The van der Waals surface area contributed by atoms with Gasteiger partial charge in [0, 0.05) is 19.3 Å². The van der Waals surface area contributed by atoms with E-state index in [-0.39, 0.29) is 31.1 Å². The summed E-state index contributed by atoms with van der Waals surface area (Å²) < 4.78 is 16.9. The normalized spacial score (nSPS) is 13.1. The van der Waals surface area contributed by atoms with Crippen LogP contribution in [0.5, 0.6) is 0 Å². The molecule has 0 N–H and O–H groups in total. The number of unbranched alkanes of at least 4 members (excludes halogenated alkanes) is 21. The van der Waals surface area contributed by atoms with Gasteiger partial charge >= 0.3 is 17.9 Å². The summed E-state index contributed by atoms with van der Waals surface area (Å²) in [6.45, 7) is 6.36. The number of esters is 3. The van der Waals surface area contributed by atoms with Crippen LogP contribution in [0.3, 0.4) is 0 Å². The number of hydrogen-bond acceptors (Lipinski definition) is 6. The van der Waals surface area contributed by atoms with Crippen LogP contribution < -0.4 is 0 Å². The van der Waals surface area contributed by atoms with Gasteiger partial charge in [-0.1, -0.05) is 244 Å². The summed E-state index contributed by atoms with van der Waals surface area (Å²) >= 11 is 0. The topological polar surface area (TPSA) is 78.9 Å². The largest absolute Gasteiger partial charge is 0.462 e. The average Bonchev–Trinajstić information content (AvgIpc) is 3.41. The predicted molar refractivity (Wildman–Crippen MR) is 325 cm³/mol. The van der Waals surface area contributed by atoms with E-state index < -0.39 is 6.10 Å². The standard InChI is InChI=1S/C69H112O6/c1-4-7-10-13-16-19-22-25-28-30-31-32-33-34-35-36-37-39-41-44-47-50-53-56-59-62-68(71)74-65-66(64-73-67(70)61-58-55-52-49-46-43-40-27-24-21-18-15-12-9-6-3)75-69(72)63-60-57-54-51-48-45-42-38-29-26-23-20-17-14-11-8-5-2/h7-8,10-11,16-21,25-29,31-32,34-35,37,39-40,66H,4-6,9,12-15,22-24,30,33,36,38,41-65H2,1-3H3/b10-7-,11-8-,19-16-,20-17-,21-18-,28-25-,29-26-,32-31-,35-34-,39-37-,40-27-. The van der Waals surface area contributed by atoms with Crippen LogP contribution in [-0.2, 0) is 28.6 Å². The van der Waals surface area contributed by atoms with Crippen molar-refractivity contribution in [3.63, 3.8) is 0 Å². The van der Waals surface area contributed by atoms with E-state index in [2.05, 4.69) is 154 Å². The fraction of sp³-hybridized carbons (Fsp3) is 0.638. The molecule has 0 bridgehead atoms. The molecule has 0 aromatic heterocycles. The number of hydrogen-bond donors (Lipinski definition) is 0. The van der Waals surface area contributed by atoms with Crippen LogP contribution in [0, 0.1) is 0 Å². The van der Waals surface area contributed by atoms with Crippen molar-refractivity contribution in [3.05, 3.63) is 134 Å². The molecule has 0 rings (SSSR count). The molecule has 0 spiro atoms. The van der Waals surface area contributed by atoms with Gasteiger partial charge in [-0.25, -0.2) is 0 Å². The Bertz CT molecular complexity index is 1620. The number of ether oxygens (including phenoxy) is 3. The zero-order valence-electron chi connectivity index (χ0n) is 48.5. The molecule has 424 valence electrons. The van der Waals surface area contributed by atoms with Crippen molar-refractivity contribution in [1.82, 2.24) is 0 Å². The molecule has 75 heavy (non-hydrogen) atoms. The monoisotopic (exact) mass is 1040 g/mol. The summed E-state index contributed by atoms with van der Waals surface area (Å²) in [5.41, 5.74) is 0. The average molecular weight is 1040 g/mol. The summed E-state index contributed by atoms with van der Waals surface area (Å²) in [6.07, 6.45) is 87.3. The van der Waals surface area contributed by atoms with Gasteiger partial charge in [-0.2, -0.15) is 0 Å². The van der Waals surface area contributed by atoms with Crippen molar-refractivity contribution in [2.45, 2.75) is 271 Å². The lowest BCUT2D eigenvalue weighted by Gasteiger charge is -2.18. The van der Waals surface area contributed by atoms with E-state index >= 15 is 0 Å². The second kappa shape index (κ2) is 62.1. The molecule has 6 nitrogen and oxygen atoms in total. The zero-order chi connectivity index (χ0) is 54.3. The molecule has 0 amide bonds. The van der Waals surface area contributed by atoms with Gasteiger partial charge in [-0.05, 0) is 135 Å². The van der Waals surface area contributed by atoms with Gasteiger partial charge in [-0.3, -0.25) is 14.4 Å². The van der Waals surface area contributed by atoms with Gasteiger partial charge in [0.25, 0.3) is 0 Å². The van der Waals surface area contributed by atoms with E-state index in [1.807, 2.05) is 0 Å². The van der Waals surface area contributed by atoms with Gasteiger partial charge in [0.05, 0.1) is 0 Å². The first kappa shape index (κ1) is 70.5. The van der Waals surface area contributed by atoms with Crippen LogP contribution in [0.25, 0.3) is 0 Å². The Morgan fingerprint density at radius 2 is 0.520 bits per heavy atom.